The second-order valence-electron chi connectivity index (χ2n) is 6.21. The number of benzene rings is 1. The number of morpholine rings is 1. The normalized spacial score (nSPS) is 14.8. The summed E-state index contributed by atoms with van der Waals surface area (Å²) in [5.41, 5.74) is 3.12. The first-order valence-corrected chi connectivity index (χ1v) is 9.07. The van der Waals surface area contributed by atoms with Crippen molar-refractivity contribution in [3.8, 4) is 0 Å². The highest BCUT2D eigenvalue weighted by Crippen LogP contribution is 2.26. The summed E-state index contributed by atoms with van der Waals surface area (Å²) in [5.74, 6) is -0.128. The van der Waals surface area contributed by atoms with Gasteiger partial charge in [0.15, 0.2) is 0 Å². The number of aromatic nitrogens is 1. The van der Waals surface area contributed by atoms with Crippen LogP contribution < -0.4 is 10.6 Å². The number of halogens is 1. The average Bonchev–Trinajstić information content (AvgIpc) is 2.66. The Morgan fingerprint density at radius 1 is 1.31 bits per heavy atom. The molecular weight excluding hydrogens is 352 g/mol. The molecule has 1 saturated heterocycles. The highest BCUT2D eigenvalue weighted by molar-refractivity contribution is 6.31. The number of rotatable bonds is 6. The molecule has 0 saturated carbocycles. The van der Waals surface area contributed by atoms with E-state index < -0.39 is 0 Å². The smallest absolute Gasteiger partial charge is 0.252 e. The van der Waals surface area contributed by atoms with Crippen LogP contribution in [0.1, 0.15) is 15.9 Å². The van der Waals surface area contributed by atoms with Gasteiger partial charge in [-0.15, -0.1) is 0 Å². The minimum atomic E-state index is -0.128. The molecule has 1 aliphatic heterocycles. The number of pyridine rings is 1. The fourth-order valence-corrected chi connectivity index (χ4v) is 2.96. The Morgan fingerprint density at radius 2 is 2.12 bits per heavy atom. The third-order valence-electron chi connectivity index (χ3n) is 4.36. The largest absolute Gasteiger partial charge is 0.379 e. The van der Waals surface area contributed by atoms with Gasteiger partial charge in [0.05, 0.1) is 30.7 Å². The molecule has 1 aromatic carbocycles. The summed E-state index contributed by atoms with van der Waals surface area (Å²) in [6, 6.07) is 7.46. The van der Waals surface area contributed by atoms with Crippen molar-refractivity contribution in [2.75, 3.05) is 44.7 Å². The van der Waals surface area contributed by atoms with E-state index in [4.69, 9.17) is 16.3 Å². The van der Waals surface area contributed by atoms with E-state index in [0.717, 1.165) is 49.8 Å². The van der Waals surface area contributed by atoms with Crippen LogP contribution in [0.25, 0.3) is 0 Å². The zero-order valence-corrected chi connectivity index (χ0v) is 15.6. The van der Waals surface area contributed by atoms with Crippen molar-refractivity contribution < 1.29 is 9.53 Å². The number of ether oxygens (including phenoxy) is 1. The topological polar surface area (TPSA) is 66.5 Å². The number of carbonyl (C=O) groups excluding carboxylic acids is 1. The van der Waals surface area contributed by atoms with E-state index in [2.05, 4.69) is 20.5 Å². The monoisotopic (exact) mass is 374 g/mol. The lowest BCUT2D eigenvalue weighted by molar-refractivity contribution is 0.0383. The minimum Gasteiger partial charge on any atom is -0.379 e. The third kappa shape index (κ3) is 4.94. The maximum absolute atomic E-state index is 12.4. The Hall–Kier alpha value is -2.15. The number of amides is 1. The predicted molar refractivity (Wildman–Crippen MR) is 103 cm³/mol. The summed E-state index contributed by atoms with van der Waals surface area (Å²) >= 11 is 6.15. The summed E-state index contributed by atoms with van der Waals surface area (Å²) < 4.78 is 5.32. The molecular formula is C19H23ClN4O2. The molecule has 1 amide bonds. The van der Waals surface area contributed by atoms with E-state index in [0.29, 0.717) is 17.1 Å². The first kappa shape index (κ1) is 18.6. The Bertz CT molecular complexity index is 763. The number of nitrogens with zero attached hydrogens (tertiary/aromatic N) is 2. The van der Waals surface area contributed by atoms with Crippen LogP contribution in [-0.2, 0) is 4.74 Å². The van der Waals surface area contributed by atoms with Crippen molar-refractivity contribution in [1.29, 1.82) is 0 Å². The van der Waals surface area contributed by atoms with Gasteiger partial charge in [-0.25, -0.2) is 0 Å². The van der Waals surface area contributed by atoms with Crippen LogP contribution in [0.2, 0.25) is 5.02 Å². The van der Waals surface area contributed by atoms with Crippen LogP contribution in [0.4, 0.5) is 11.4 Å². The summed E-state index contributed by atoms with van der Waals surface area (Å²) in [6.45, 7) is 6.71. The summed E-state index contributed by atoms with van der Waals surface area (Å²) in [6.07, 6.45) is 3.25. The van der Waals surface area contributed by atoms with E-state index in [1.54, 1.807) is 18.5 Å². The van der Waals surface area contributed by atoms with E-state index >= 15 is 0 Å². The van der Waals surface area contributed by atoms with Crippen molar-refractivity contribution in [3.05, 3.63) is 52.8 Å². The maximum Gasteiger partial charge on any atom is 0.252 e. The predicted octanol–water partition coefficient (Wildman–Crippen LogP) is 2.85. The average molecular weight is 375 g/mol. The molecule has 138 valence electrons. The lowest BCUT2D eigenvalue weighted by Crippen LogP contribution is -2.41. The second-order valence-corrected chi connectivity index (χ2v) is 6.62. The zero-order chi connectivity index (χ0) is 18.4. The molecule has 0 unspecified atom stereocenters. The number of hydrogen-bond acceptors (Lipinski definition) is 5. The lowest BCUT2D eigenvalue weighted by Gasteiger charge is -2.26. The van der Waals surface area contributed by atoms with Gasteiger partial charge in [-0.3, -0.25) is 14.7 Å². The Morgan fingerprint density at radius 3 is 2.92 bits per heavy atom. The number of hydrogen-bond donors (Lipinski definition) is 2. The van der Waals surface area contributed by atoms with E-state index in [1.165, 1.54) is 0 Å². The summed E-state index contributed by atoms with van der Waals surface area (Å²) in [7, 11) is 0. The van der Waals surface area contributed by atoms with Gasteiger partial charge in [0.2, 0.25) is 0 Å². The van der Waals surface area contributed by atoms with Crippen molar-refractivity contribution >= 4 is 28.9 Å². The molecule has 0 radical (unpaired) electrons. The second kappa shape index (κ2) is 8.98. The van der Waals surface area contributed by atoms with E-state index in [9.17, 15) is 4.79 Å². The van der Waals surface area contributed by atoms with Crippen LogP contribution >= 0.6 is 11.6 Å². The quantitative estimate of drug-likeness (QED) is 0.813. The van der Waals surface area contributed by atoms with Gasteiger partial charge in [-0.2, -0.15) is 0 Å². The highest BCUT2D eigenvalue weighted by atomic mass is 35.5. The number of anilines is 2. The van der Waals surface area contributed by atoms with Crippen molar-refractivity contribution in [3.63, 3.8) is 0 Å². The lowest BCUT2D eigenvalue weighted by atomic mass is 10.2. The zero-order valence-electron chi connectivity index (χ0n) is 14.8. The minimum absolute atomic E-state index is 0.128. The van der Waals surface area contributed by atoms with Crippen molar-refractivity contribution in [2.24, 2.45) is 0 Å². The first-order valence-electron chi connectivity index (χ1n) is 8.69. The van der Waals surface area contributed by atoms with Crippen molar-refractivity contribution in [2.45, 2.75) is 6.92 Å². The Labute approximate surface area is 158 Å². The van der Waals surface area contributed by atoms with Gasteiger partial charge in [0, 0.05) is 43.1 Å². The van der Waals surface area contributed by atoms with Crippen LogP contribution in [0.3, 0.4) is 0 Å². The van der Waals surface area contributed by atoms with Gasteiger partial charge >= 0.3 is 0 Å². The molecule has 1 aliphatic rings. The van der Waals surface area contributed by atoms with Crippen LogP contribution in [0, 0.1) is 6.92 Å². The fraction of sp³-hybridized carbons (Fsp3) is 0.368. The SMILES string of the molecule is Cc1c(Cl)cccc1Nc1cncc(C(=O)NCCN2CCOCC2)c1. The van der Waals surface area contributed by atoms with Gasteiger partial charge in [0.1, 0.15) is 0 Å². The Kier molecular flexibility index (Phi) is 6.44. The molecule has 26 heavy (non-hydrogen) atoms. The standard InChI is InChI=1S/C19H23ClN4O2/c1-14-17(20)3-2-4-18(14)23-16-11-15(12-21-13-16)19(25)22-5-6-24-7-9-26-10-8-24/h2-4,11-13,23H,5-10H2,1H3,(H,22,25). The molecule has 0 bridgehead atoms. The summed E-state index contributed by atoms with van der Waals surface area (Å²) in [5, 5.41) is 6.91. The molecule has 2 aromatic rings. The Balaban J connectivity index is 1.57. The van der Waals surface area contributed by atoms with E-state index in [-0.39, 0.29) is 5.91 Å². The molecule has 6 nitrogen and oxygen atoms in total. The van der Waals surface area contributed by atoms with Gasteiger partial charge in [-0.1, -0.05) is 17.7 Å². The third-order valence-corrected chi connectivity index (χ3v) is 4.77. The van der Waals surface area contributed by atoms with E-state index in [1.807, 2.05) is 25.1 Å². The first-order chi connectivity index (χ1) is 12.6. The molecule has 0 atom stereocenters. The molecule has 3 rings (SSSR count). The molecule has 0 spiro atoms. The maximum atomic E-state index is 12.4. The molecule has 7 heteroatoms. The van der Waals surface area contributed by atoms with Crippen molar-refractivity contribution in [1.82, 2.24) is 15.2 Å². The van der Waals surface area contributed by atoms with Crippen LogP contribution in [0.15, 0.2) is 36.7 Å². The molecule has 0 aliphatic carbocycles. The van der Waals surface area contributed by atoms with Gasteiger partial charge in [0.25, 0.3) is 5.91 Å². The van der Waals surface area contributed by atoms with Gasteiger partial charge in [-0.05, 0) is 30.7 Å². The van der Waals surface area contributed by atoms with Crippen LogP contribution in [-0.4, -0.2) is 55.2 Å². The number of nitrogens with one attached hydrogen (secondary N) is 2. The molecule has 2 heterocycles. The molecule has 1 aromatic heterocycles. The number of carbonyl (C=O) groups is 1. The molecule has 2 N–H and O–H groups in total. The highest BCUT2D eigenvalue weighted by Gasteiger charge is 2.12. The van der Waals surface area contributed by atoms with Crippen LogP contribution in [0.5, 0.6) is 0 Å². The fourth-order valence-electron chi connectivity index (χ4n) is 2.79. The van der Waals surface area contributed by atoms with Gasteiger partial charge < -0.3 is 15.4 Å². The molecule has 1 fully saturated rings. The summed E-state index contributed by atoms with van der Waals surface area (Å²) in [4.78, 5) is 18.8.